The highest BCUT2D eigenvalue weighted by Crippen LogP contribution is 2.29. The van der Waals surface area contributed by atoms with Gasteiger partial charge >= 0.3 is 5.97 Å². The molecule has 1 saturated heterocycles. The topological polar surface area (TPSA) is 62.7 Å². The van der Waals surface area contributed by atoms with Crippen molar-refractivity contribution in [3.63, 3.8) is 0 Å². The van der Waals surface area contributed by atoms with Crippen LogP contribution in [-0.4, -0.2) is 59.4 Å². The van der Waals surface area contributed by atoms with E-state index in [0.717, 1.165) is 22.4 Å². The molecule has 0 saturated carbocycles. The molecule has 3 aromatic rings. The Morgan fingerprint density at radius 2 is 1.49 bits per heavy atom. The van der Waals surface area contributed by atoms with Crippen LogP contribution in [0.4, 0.5) is 0 Å². The third kappa shape index (κ3) is 6.55. The number of hydrogen-bond donors (Lipinski definition) is 0. The van der Waals surface area contributed by atoms with E-state index in [1.807, 2.05) is 67.3 Å². The third-order valence-corrected chi connectivity index (χ3v) is 6.65. The molecule has 0 aliphatic carbocycles. The Balaban J connectivity index is 1.29. The number of piperazine rings is 1. The molecule has 0 radical (unpaired) electrons. The number of rotatable bonds is 8. The predicted octanol–water partition coefficient (Wildman–Crippen LogP) is 4.36. The number of hydrogen-bond acceptors (Lipinski definition) is 5. The minimum atomic E-state index is -0.341. The molecule has 0 spiro atoms. The Morgan fingerprint density at radius 1 is 0.886 bits per heavy atom. The van der Waals surface area contributed by atoms with Gasteiger partial charge in [0.15, 0.2) is 0 Å². The fourth-order valence-electron chi connectivity index (χ4n) is 4.66. The van der Waals surface area contributed by atoms with E-state index in [1.165, 1.54) is 0 Å². The van der Waals surface area contributed by atoms with Crippen molar-refractivity contribution in [1.29, 1.82) is 0 Å². The number of aromatic nitrogens is 1. The minimum absolute atomic E-state index is 0.0235. The van der Waals surface area contributed by atoms with Gasteiger partial charge in [0, 0.05) is 56.0 Å². The van der Waals surface area contributed by atoms with Gasteiger partial charge in [-0.3, -0.25) is 19.5 Å². The lowest BCUT2D eigenvalue weighted by molar-refractivity contribution is -0.150. The van der Waals surface area contributed by atoms with Gasteiger partial charge in [-0.2, -0.15) is 0 Å². The van der Waals surface area contributed by atoms with Gasteiger partial charge < -0.3 is 9.64 Å². The lowest BCUT2D eigenvalue weighted by atomic mass is 9.88. The SMILES string of the molecule is Cc1ncccc1C(C)OC(=O)CN1CCN(C(=O)CC(c2ccccc2)c2ccccc2)CC1. The van der Waals surface area contributed by atoms with Crippen LogP contribution in [-0.2, 0) is 14.3 Å². The monoisotopic (exact) mass is 471 g/mol. The number of esters is 1. The number of nitrogens with zero attached hydrogens (tertiary/aromatic N) is 3. The van der Waals surface area contributed by atoms with Crippen LogP contribution in [0.2, 0.25) is 0 Å². The molecule has 0 bridgehead atoms. The number of benzene rings is 2. The van der Waals surface area contributed by atoms with E-state index in [-0.39, 0.29) is 30.4 Å². The quantitative estimate of drug-likeness (QED) is 0.457. The molecule has 6 heteroatoms. The molecule has 1 unspecified atom stereocenters. The Kier molecular flexibility index (Phi) is 8.27. The highest BCUT2D eigenvalue weighted by molar-refractivity contribution is 5.78. The number of aryl methyl sites for hydroxylation is 1. The van der Waals surface area contributed by atoms with E-state index in [1.54, 1.807) is 6.20 Å². The van der Waals surface area contributed by atoms with E-state index in [0.29, 0.717) is 32.6 Å². The summed E-state index contributed by atoms with van der Waals surface area (Å²) in [6, 6.07) is 24.2. The van der Waals surface area contributed by atoms with Gasteiger partial charge in [0.1, 0.15) is 6.10 Å². The summed E-state index contributed by atoms with van der Waals surface area (Å²) >= 11 is 0. The average Bonchev–Trinajstić information content (AvgIpc) is 2.88. The molecule has 1 aromatic heterocycles. The van der Waals surface area contributed by atoms with Crippen LogP contribution >= 0.6 is 0 Å². The van der Waals surface area contributed by atoms with Crippen LogP contribution in [0.5, 0.6) is 0 Å². The van der Waals surface area contributed by atoms with Gasteiger partial charge in [-0.05, 0) is 31.0 Å². The summed E-state index contributed by atoms with van der Waals surface area (Å²) in [7, 11) is 0. The first-order valence-electron chi connectivity index (χ1n) is 12.2. The molecule has 0 N–H and O–H groups in total. The normalized spacial score (nSPS) is 15.1. The molecule has 35 heavy (non-hydrogen) atoms. The van der Waals surface area contributed by atoms with Crippen molar-refractivity contribution in [1.82, 2.24) is 14.8 Å². The van der Waals surface area contributed by atoms with Crippen molar-refractivity contribution in [2.75, 3.05) is 32.7 Å². The molecule has 6 nitrogen and oxygen atoms in total. The predicted molar refractivity (Wildman–Crippen MR) is 136 cm³/mol. The van der Waals surface area contributed by atoms with Gasteiger partial charge in [0.2, 0.25) is 5.91 Å². The van der Waals surface area contributed by atoms with Crippen LogP contribution in [0.15, 0.2) is 79.0 Å². The van der Waals surface area contributed by atoms with E-state index >= 15 is 0 Å². The molecule has 2 aromatic carbocycles. The lowest BCUT2D eigenvalue weighted by Gasteiger charge is -2.35. The fourth-order valence-corrected chi connectivity index (χ4v) is 4.66. The maximum Gasteiger partial charge on any atom is 0.320 e. The van der Waals surface area contributed by atoms with Crippen LogP contribution in [0.1, 0.15) is 47.8 Å². The van der Waals surface area contributed by atoms with E-state index in [4.69, 9.17) is 4.74 Å². The molecule has 2 heterocycles. The zero-order valence-corrected chi connectivity index (χ0v) is 20.5. The van der Waals surface area contributed by atoms with Crippen molar-refractivity contribution < 1.29 is 14.3 Å². The second kappa shape index (κ2) is 11.8. The summed E-state index contributed by atoms with van der Waals surface area (Å²) in [4.78, 5) is 34.0. The third-order valence-electron chi connectivity index (χ3n) is 6.65. The number of amides is 1. The maximum absolute atomic E-state index is 13.2. The number of ether oxygens (including phenoxy) is 1. The zero-order chi connectivity index (χ0) is 24.6. The van der Waals surface area contributed by atoms with Crippen LogP contribution < -0.4 is 0 Å². The summed E-state index contributed by atoms with van der Waals surface area (Å²) in [6.45, 7) is 6.54. The second-order valence-electron chi connectivity index (χ2n) is 9.05. The van der Waals surface area contributed by atoms with Crippen molar-refractivity contribution in [3.05, 3.63) is 101 Å². The van der Waals surface area contributed by atoms with Gasteiger partial charge in [-0.1, -0.05) is 66.7 Å². The molecule has 1 aliphatic rings. The first-order valence-corrected chi connectivity index (χ1v) is 12.2. The fraction of sp³-hybridized carbons (Fsp3) is 0.345. The van der Waals surface area contributed by atoms with Crippen molar-refractivity contribution >= 4 is 11.9 Å². The molecule has 1 aliphatic heterocycles. The highest BCUT2D eigenvalue weighted by atomic mass is 16.5. The zero-order valence-electron chi connectivity index (χ0n) is 20.5. The smallest absolute Gasteiger partial charge is 0.320 e. The Bertz CT molecular complexity index is 1070. The first-order chi connectivity index (χ1) is 17.0. The van der Waals surface area contributed by atoms with E-state index in [2.05, 4.69) is 34.1 Å². The summed E-state index contributed by atoms with van der Waals surface area (Å²) in [5.74, 6) is -0.0883. The highest BCUT2D eigenvalue weighted by Gasteiger charge is 2.26. The Hall–Kier alpha value is -3.51. The van der Waals surface area contributed by atoms with Gasteiger partial charge in [-0.15, -0.1) is 0 Å². The van der Waals surface area contributed by atoms with Crippen molar-refractivity contribution in [3.8, 4) is 0 Å². The summed E-state index contributed by atoms with van der Waals surface area (Å²) in [5.41, 5.74) is 4.07. The van der Waals surface area contributed by atoms with Gasteiger partial charge in [-0.25, -0.2) is 0 Å². The number of carbonyl (C=O) groups is 2. The Morgan fingerprint density at radius 3 is 2.06 bits per heavy atom. The molecule has 182 valence electrons. The number of pyridine rings is 1. The molecule has 1 amide bonds. The molecule has 1 fully saturated rings. The first kappa shape index (κ1) is 24.6. The van der Waals surface area contributed by atoms with Gasteiger partial charge in [0.25, 0.3) is 0 Å². The summed E-state index contributed by atoms with van der Waals surface area (Å²) in [6.07, 6.45) is 1.82. The minimum Gasteiger partial charge on any atom is -0.457 e. The van der Waals surface area contributed by atoms with E-state index in [9.17, 15) is 9.59 Å². The van der Waals surface area contributed by atoms with Crippen LogP contribution in [0.25, 0.3) is 0 Å². The van der Waals surface area contributed by atoms with Crippen LogP contribution in [0, 0.1) is 6.92 Å². The maximum atomic E-state index is 13.2. The largest absolute Gasteiger partial charge is 0.457 e. The lowest BCUT2D eigenvalue weighted by Crippen LogP contribution is -2.50. The second-order valence-corrected chi connectivity index (χ2v) is 9.05. The average molecular weight is 472 g/mol. The van der Waals surface area contributed by atoms with E-state index < -0.39 is 0 Å². The summed E-state index contributed by atoms with van der Waals surface area (Å²) in [5, 5.41) is 0. The number of carbonyl (C=O) groups excluding carboxylic acids is 2. The molecular formula is C29H33N3O3. The summed E-state index contributed by atoms with van der Waals surface area (Å²) < 4.78 is 5.64. The molecule has 1 atom stereocenters. The molecule has 4 rings (SSSR count). The van der Waals surface area contributed by atoms with Crippen molar-refractivity contribution in [2.45, 2.75) is 32.3 Å². The molecular weight excluding hydrogens is 438 g/mol. The van der Waals surface area contributed by atoms with Crippen molar-refractivity contribution in [2.24, 2.45) is 0 Å². The van der Waals surface area contributed by atoms with Gasteiger partial charge in [0.05, 0.1) is 6.54 Å². The standard InChI is InChI=1S/C29H33N3O3/c1-22-26(14-9-15-30-22)23(2)35-29(34)21-31-16-18-32(19-17-31)28(33)20-27(24-10-5-3-6-11-24)25-12-7-4-8-13-25/h3-15,23,27H,16-21H2,1-2H3. The van der Waals surface area contributed by atoms with Crippen LogP contribution in [0.3, 0.4) is 0 Å². The Labute approximate surface area is 207 Å².